The first-order chi connectivity index (χ1) is 12.3. The van der Waals surface area contributed by atoms with Gasteiger partial charge in [-0.3, -0.25) is 4.79 Å². The minimum Gasteiger partial charge on any atom is -0.488 e. The summed E-state index contributed by atoms with van der Waals surface area (Å²) >= 11 is 0. The molecule has 0 spiro atoms. The molecule has 0 radical (unpaired) electrons. The molecule has 3 aromatic rings. The Labute approximate surface area is 145 Å². The van der Waals surface area contributed by atoms with Crippen LogP contribution in [0.1, 0.15) is 17.8 Å². The fourth-order valence-corrected chi connectivity index (χ4v) is 2.94. The normalized spacial score (nSPS) is 13.0. The molecule has 0 fully saturated rings. The highest BCUT2D eigenvalue weighted by Crippen LogP contribution is 2.25. The molecule has 1 aromatic heterocycles. The van der Waals surface area contributed by atoms with Gasteiger partial charge in [0.1, 0.15) is 18.2 Å². The van der Waals surface area contributed by atoms with Gasteiger partial charge in [-0.25, -0.2) is 4.98 Å². The third-order valence-corrected chi connectivity index (χ3v) is 4.24. The first-order valence-corrected chi connectivity index (χ1v) is 8.44. The highest BCUT2D eigenvalue weighted by atomic mass is 16.5. The molecule has 0 bridgehead atoms. The van der Waals surface area contributed by atoms with Gasteiger partial charge in [0.15, 0.2) is 0 Å². The first-order valence-electron chi connectivity index (χ1n) is 8.44. The Hall–Kier alpha value is -3.08. The van der Waals surface area contributed by atoms with Crippen LogP contribution in [-0.4, -0.2) is 29.0 Å². The van der Waals surface area contributed by atoms with E-state index in [9.17, 15) is 4.79 Å². The Morgan fingerprint density at radius 2 is 2.00 bits per heavy atom. The summed E-state index contributed by atoms with van der Waals surface area (Å²) in [5, 5.41) is 2.96. The Balaban J connectivity index is 1.30. The summed E-state index contributed by atoms with van der Waals surface area (Å²) in [5.74, 6) is 1.70. The molecule has 126 valence electrons. The number of para-hydroxylation sites is 3. The van der Waals surface area contributed by atoms with Crippen LogP contribution in [-0.2, 0) is 11.2 Å². The Morgan fingerprint density at radius 3 is 2.92 bits per heavy atom. The van der Waals surface area contributed by atoms with Gasteiger partial charge >= 0.3 is 0 Å². The lowest BCUT2D eigenvalue weighted by molar-refractivity contribution is -0.117. The van der Waals surface area contributed by atoms with Crippen LogP contribution in [0, 0.1) is 0 Å². The Kier molecular flexibility index (Phi) is 4.21. The predicted octanol–water partition coefficient (Wildman–Crippen LogP) is 3.09. The summed E-state index contributed by atoms with van der Waals surface area (Å²) in [6, 6.07) is 15.7. The maximum absolute atomic E-state index is 12.3. The van der Waals surface area contributed by atoms with E-state index in [1.54, 1.807) is 0 Å². The van der Waals surface area contributed by atoms with Gasteiger partial charge in [-0.1, -0.05) is 30.3 Å². The summed E-state index contributed by atoms with van der Waals surface area (Å²) in [7, 11) is 0. The van der Waals surface area contributed by atoms with Crippen molar-refractivity contribution in [1.29, 1.82) is 0 Å². The summed E-state index contributed by atoms with van der Waals surface area (Å²) in [6.07, 6.45) is 3.52. The van der Waals surface area contributed by atoms with Crippen LogP contribution in [0.4, 0.5) is 0 Å². The number of nitrogens with zero attached hydrogens (tertiary/aromatic N) is 1. The van der Waals surface area contributed by atoms with E-state index in [1.807, 2.05) is 54.6 Å². The molecule has 2 N–H and O–H groups in total. The van der Waals surface area contributed by atoms with Crippen LogP contribution in [0.2, 0.25) is 0 Å². The number of aryl methyl sites for hydroxylation is 1. The third kappa shape index (κ3) is 3.40. The monoisotopic (exact) mass is 333 g/mol. The van der Waals surface area contributed by atoms with Crippen LogP contribution in [0.15, 0.2) is 54.1 Å². The minimum absolute atomic E-state index is 0.0703. The quantitative estimate of drug-likeness (QED) is 0.705. The largest absolute Gasteiger partial charge is 0.488 e. The van der Waals surface area contributed by atoms with Gasteiger partial charge in [-0.15, -0.1) is 0 Å². The molecule has 4 rings (SSSR count). The Bertz CT molecular complexity index is 910. The highest BCUT2D eigenvalue weighted by Gasteiger charge is 2.16. The second-order valence-corrected chi connectivity index (χ2v) is 6.06. The number of nitrogens with one attached hydrogen (secondary N) is 2. The van der Waals surface area contributed by atoms with Crippen molar-refractivity contribution in [3.05, 3.63) is 65.5 Å². The number of benzene rings is 2. The molecule has 1 aliphatic heterocycles. The van der Waals surface area contributed by atoms with Crippen molar-refractivity contribution in [3.63, 3.8) is 0 Å². The number of aromatic amines is 1. The van der Waals surface area contributed by atoms with Crippen LogP contribution in [0.3, 0.4) is 0 Å². The van der Waals surface area contributed by atoms with E-state index in [2.05, 4.69) is 15.3 Å². The molecular weight excluding hydrogens is 314 g/mol. The number of rotatable bonds is 5. The molecule has 0 saturated heterocycles. The van der Waals surface area contributed by atoms with Crippen molar-refractivity contribution < 1.29 is 9.53 Å². The average Bonchev–Trinajstić information content (AvgIpc) is 3.07. The topological polar surface area (TPSA) is 67.0 Å². The molecule has 0 aliphatic carbocycles. The fourth-order valence-electron chi connectivity index (χ4n) is 2.94. The number of ether oxygens (including phenoxy) is 1. The summed E-state index contributed by atoms with van der Waals surface area (Å²) in [4.78, 5) is 20.1. The Morgan fingerprint density at radius 1 is 1.16 bits per heavy atom. The number of amides is 1. The van der Waals surface area contributed by atoms with Crippen molar-refractivity contribution >= 4 is 23.0 Å². The molecule has 0 unspecified atom stereocenters. The van der Waals surface area contributed by atoms with Gasteiger partial charge in [-0.05, 0) is 30.7 Å². The second kappa shape index (κ2) is 6.81. The van der Waals surface area contributed by atoms with Crippen LogP contribution in [0.25, 0.3) is 17.1 Å². The van der Waals surface area contributed by atoms with Crippen molar-refractivity contribution in [2.75, 3.05) is 13.2 Å². The molecule has 0 saturated carbocycles. The number of hydrogen-bond acceptors (Lipinski definition) is 3. The summed E-state index contributed by atoms with van der Waals surface area (Å²) in [5.41, 5.74) is 3.62. The lowest BCUT2D eigenvalue weighted by Crippen LogP contribution is -2.29. The van der Waals surface area contributed by atoms with Gasteiger partial charge in [-0.2, -0.15) is 0 Å². The lowest BCUT2D eigenvalue weighted by atomic mass is 10.1. The molecule has 1 amide bonds. The zero-order valence-electron chi connectivity index (χ0n) is 13.8. The standard InChI is InChI=1S/C20H19N3O2/c24-20(15-12-14-6-1-4-9-18(14)25-13-15)21-11-5-10-19-22-16-7-2-3-8-17(16)23-19/h1-4,6-9,12H,5,10-11,13H2,(H,21,24)(H,22,23). The van der Waals surface area contributed by atoms with Gasteiger partial charge in [0, 0.05) is 18.5 Å². The number of fused-ring (bicyclic) bond motifs is 2. The molecule has 0 atom stereocenters. The lowest BCUT2D eigenvalue weighted by Gasteiger charge is -2.17. The summed E-state index contributed by atoms with van der Waals surface area (Å²) < 4.78 is 5.62. The van der Waals surface area contributed by atoms with Crippen molar-refractivity contribution in [3.8, 4) is 5.75 Å². The van der Waals surface area contributed by atoms with E-state index in [4.69, 9.17) is 4.74 Å². The highest BCUT2D eigenvalue weighted by molar-refractivity contribution is 5.99. The molecule has 2 heterocycles. The maximum Gasteiger partial charge on any atom is 0.250 e. The number of carbonyl (C=O) groups excluding carboxylic acids is 1. The van der Waals surface area contributed by atoms with Crippen LogP contribution in [0.5, 0.6) is 5.75 Å². The summed E-state index contributed by atoms with van der Waals surface area (Å²) in [6.45, 7) is 0.918. The number of imidazole rings is 1. The van der Waals surface area contributed by atoms with E-state index in [1.165, 1.54) is 0 Å². The van der Waals surface area contributed by atoms with Gasteiger partial charge in [0.05, 0.1) is 16.6 Å². The van der Waals surface area contributed by atoms with Gasteiger partial charge < -0.3 is 15.0 Å². The smallest absolute Gasteiger partial charge is 0.250 e. The number of hydrogen-bond donors (Lipinski definition) is 2. The van der Waals surface area contributed by atoms with E-state index in [0.29, 0.717) is 18.7 Å². The van der Waals surface area contributed by atoms with Gasteiger partial charge in [0.25, 0.3) is 5.91 Å². The van der Waals surface area contributed by atoms with Gasteiger partial charge in [0.2, 0.25) is 0 Å². The van der Waals surface area contributed by atoms with Crippen molar-refractivity contribution in [2.45, 2.75) is 12.8 Å². The second-order valence-electron chi connectivity index (χ2n) is 6.06. The fraction of sp³-hybridized carbons (Fsp3) is 0.200. The first kappa shape index (κ1) is 15.4. The molecular formula is C20H19N3O2. The zero-order valence-corrected chi connectivity index (χ0v) is 13.8. The van der Waals surface area contributed by atoms with Crippen molar-refractivity contribution in [2.24, 2.45) is 0 Å². The van der Waals surface area contributed by atoms with E-state index >= 15 is 0 Å². The SMILES string of the molecule is O=C(NCCCc1nc2ccccc2[nH]1)C1=Cc2ccccc2OC1. The predicted molar refractivity (Wildman–Crippen MR) is 97.3 cm³/mol. The third-order valence-electron chi connectivity index (χ3n) is 4.24. The molecule has 1 aliphatic rings. The maximum atomic E-state index is 12.3. The van der Waals surface area contributed by atoms with Crippen LogP contribution < -0.4 is 10.1 Å². The zero-order chi connectivity index (χ0) is 17.1. The van der Waals surface area contributed by atoms with Crippen molar-refractivity contribution in [1.82, 2.24) is 15.3 Å². The van der Waals surface area contributed by atoms with E-state index in [0.717, 1.165) is 41.0 Å². The number of H-pyrrole nitrogens is 1. The van der Waals surface area contributed by atoms with E-state index < -0.39 is 0 Å². The average molecular weight is 333 g/mol. The molecule has 25 heavy (non-hydrogen) atoms. The number of aromatic nitrogens is 2. The molecule has 2 aromatic carbocycles. The molecule has 5 nitrogen and oxygen atoms in total. The van der Waals surface area contributed by atoms with Crippen LogP contribution >= 0.6 is 0 Å². The molecule has 5 heteroatoms. The minimum atomic E-state index is -0.0703. The number of carbonyl (C=O) groups is 1. The van der Waals surface area contributed by atoms with E-state index in [-0.39, 0.29) is 5.91 Å².